The summed E-state index contributed by atoms with van der Waals surface area (Å²) in [4.78, 5) is 18.7. The summed E-state index contributed by atoms with van der Waals surface area (Å²) in [5.74, 6) is -1.49. The van der Waals surface area contributed by atoms with Crippen molar-refractivity contribution in [2.24, 2.45) is 0 Å². The molecule has 2 aliphatic rings. The molecule has 6 rings (SSSR count). The predicted molar refractivity (Wildman–Crippen MR) is 164 cm³/mol. The summed E-state index contributed by atoms with van der Waals surface area (Å²) in [6, 6.07) is 36.2. The van der Waals surface area contributed by atoms with Crippen LogP contribution in [0.4, 0.5) is 0 Å². The van der Waals surface area contributed by atoms with E-state index in [-0.39, 0.29) is 27.7 Å². The molecule has 2 N–H and O–H groups in total. The van der Waals surface area contributed by atoms with E-state index < -0.39 is 11.9 Å². The molecule has 0 fully saturated rings. The van der Waals surface area contributed by atoms with Crippen LogP contribution in [-0.4, -0.2) is 29.8 Å². The van der Waals surface area contributed by atoms with Gasteiger partial charge in [0.2, 0.25) is 0 Å². The van der Waals surface area contributed by atoms with E-state index in [1.165, 1.54) is 44.5 Å². The van der Waals surface area contributed by atoms with Crippen molar-refractivity contribution in [3.63, 3.8) is 0 Å². The normalized spacial score (nSPS) is 9.93. The van der Waals surface area contributed by atoms with Gasteiger partial charge in [-0.2, -0.15) is 59.7 Å². The van der Waals surface area contributed by atoms with Gasteiger partial charge in [0.25, 0.3) is 0 Å². The number of benzene rings is 4. The van der Waals surface area contributed by atoms with E-state index in [0.29, 0.717) is 0 Å². The van der Waals surface area contributed by atoms with E-state index in [1.54, 1.807) is 13.8 Å². The molecule has 40 heavy (non-hydrogen) atoms. The Labute approximate surface area is 253 Å². The van der Waals surface area contributed by atoms with Crippen LogP contribution < -0.4 is 0 Å². The van der Waals surface area contributed by atoms with Gasteiger partial charge >= 0.3 is 38.7 Å². The van der Waals surface area contributed by atoms with Gasteiger partial charge in [-0.15, -0.1) is 11.1 Å². The van der Waals surface area contributed by atoms with Crippen molar-refractivity contribution in [2.45, 2.75) is 39.5 Å². The smallest absolute Gasteiger partial charge is 0.0253 e. The Kier molecular flexibility index (Phi) is 18.1. The third-order valence-electron chi connectivity index (χ3n) is 5.84. The number of rotatable bonds is 2. The minimum absolute atomic E-state index is 0. The zero-order chi connectivity index (χ0) is 27.9. The topological polar surface area (TPSA) is 74.6 Å². The van der Waals surface area contributed by atoms with Gasteiger partial charge < -0.3 is 25.1 Å². The Bertz CT molecular complexity index is 1160. The maximum absolute atomic E-state index is 9.37. The van der Waals surface area contributed by atoms with E-state index in [2.05, 4.69) is 84.9 Å². The molecule has 0 bridgehead atoms. The van der Waals surface area contributed by atoms with Crippen molar-refractivity contribution in [2.75, 3.05) is 0 Å². The van der Waals surface area contributed by atoms with Crippen LogP contribution in [-0.2, 0) is 41.6 Å². The zero-order valence-electron chi connectivity index (χ0n) is 23.8. The Morgan fingerprint density at radius 3 is 1.27 bits per heavy atom. The molecule has 210 valence electrons. The molecule has 0 heterocycles. The second kappa shape index (κ2) is 19.8. The molecule has 0 spiro atoms. The first-order valence-corrected chi connectivity index (χ1v) is 16.4. The summed E-state index contributed by atoms with van der Waals surface area (Å²) in [5, 5.41) is 15.4. The van der Waals surface area contributed by atoms with E-state index in [4.69, 9.17) is 10.2 Å². The molecule has 4 nitrogen and oxygen atoms in total. The summed E-state index contributed by atoms with van der Waals surface area (Å²) in [5.41, 5.74) is 11.0. The summed E-state index contributed by atoms with van der Waals surface area (Å²) in [6.45, 7) is 3.20. The molecule has 4 aromatic carbocycles. The van der Waals surface area contributed by atoms with Crippen LogP contribution in [0.5, 0.6) is 0 Å². The van der Waals surface area contributed by atoms with Crippen LogP contribution >= 0.6 is 0 Å². The van der Waals surface area contributed by atoms with Gasteiger partial charge in [-0.1, -0.05) is 84.6 Å². The molecule has 0 aromatic heterocycles. The van der Waals surface area contributed by atoms with Crippen LogP contribution in [0.2, 0.25) is 0 Å². The van der Waals surface area contributed by atoms with Crippen molar-refractivity contribution in [3.8, 4) is 22.3 Å². The number of hydrogen-bond acceptors (Lipinski definition) is 2. The quantitative estimate of drug-likeness (QED) is 0.168. The number of carbonyl (C=O) groups is 2. The second-order valence-electron chi connectivity index (χ2n) is 8.29. The zero-order valence-corrected chi connectivity index (χ0v) is 26.8. The van der Waals surface area contributed by atoms with Gasteiger partial charge in [-0.05, 0) is 12.8 Å². The number of carboxylic acid groups (broad SMARTS) is 2. The maximum atomic E-state index is 9.37. The van der Waals surface area contributed by atoms with Crippen molar-refractivity contribution in [3.05, 3.63) is 134 Å². The number of fused-ring (bicyclic) bond motifs is 6. The first kappa shape index (κ1) is 36.8. The molecule has 2 aliphatic carbocycles. The minimum atomic E-state index is -0.745. The SMILES string of the molecule is CCC(=O)O.CCC(=O)O.[CH3-].[CH3-].[SiH2]=[Ti].[c-]1cccc2c1Cc1ccccc1-2.[c-]1cccc2c1Cc1ccccc1-2. The molecule has 0 unspecified atom stereocenters. The molecule has 0 radical (unpaired) electrons. The molecule has 0 saturated heterocycles. The van der Waals surface area contributed by atoms with Crippen LogP contribution in [0.3, 0.4) is 0 Å². The summed E-state index contributed by atoms with van der Waals surface area (Å²) < 4.78 is 0. The van der Waals surface area contributed by atoms with Crippen molar-refractivity contribution >= 4 is 19.6 Å². The van der Waals surface area contributed by atoms with Gasteiger partial charge in [0.1, 0.15) is 0 Å². The van der Waals surface area contributed by atoms with Crippen LogP contribution in [0.25, 0.3) is 22.3 Å². The maximum Gasteiger partial charge on any atom is -0.0253 e. The summed E-state index contributed by atoms with van der Waals surface area (Å²) in [6.07, 6.45) is 2.54. The van der Waals surface area contributed by atoms with Gasteiger partial charge in [-0.3, -0.25) is 9.59 Å². The minimum Gasteiger partial charge on any atom is -0.179 e. The van der Waals surface area contributed by atoms with Gasteiger partial charge in [0.15, 0.2) is 0 Å². The standard InChI is InChI=1S/2C13H9.2C3H6O2.2CH3.H2Si.Ti/c2*1-3-7-12-10(5-1)9-11-6-2-4-8-13(11)12;2*1-2-3(4)5;;;;/h2*1-5,7-8H,9H2;2*2H2,1H3,(H,4,5);2*1H3;1H2;/q2*-1;;;2*-1;;. The third-order valence-corrected chi connectivity index (χ3v) is 5.84. The second-order valence-corrected chi connectivity index (χ2v) is 8.29. The third kappa shape index (κ3) is 10.7. The average molecular weight is 587 g/mol. The molecular formula is C34H38O4SiTi-4. The first-order valence-electron chi connectivity index (χ1n) is 12.4. The van der Waals surface area contributed by atoms with E-state index >= 15 is 0 Å². The molecule has 0 amide bonds. The molecular weight excluding hydrogens is 548 g/mol. The molecule has 0 saturated carbocycles. The van der Waals surface area contributed by atoms with Crippen molar-refractivity contribution in [1.82, 2.24) is 0 Å². The number of aliphatic carboxylic acids is 2. The van der Waals surface area contributed by atoms with Crippen LogP contribution in [0.15, 0.2) is 84.9 Å². The Morgan fingerprint density at radius 1 is 0.650 bits per heavy atom. The van der Waals surface area contributed by atoms with Crippen LogP contribution in [0, 0.1) is 27.0 Å². The molecule has 4 aromatic rings. The largest absolute Gasteiger partial charge is 0.179 e. The van der Waals surface area contributed by atoms with Crippen molar-refractivity contribution in [1.29, 1.82) is 0 Å². The fraction of sp³-hybridized carbons (Fsp3) is 0.176. The molecule has 0 atom stereocenters. The Morgan fingerprint density at radius 2 is 0.950 bits per heavy atom. The van der Waals surface area contributed by atoms with Gasteiger partial charge in [0, 0.05) is 12.8 Å². The fourth-order valence-electron chi connectivity index (χ4n) is 4.00. The average Bonchev–Trinajstić information content (AvgIpc) is 3.53. The first-order chi connectivity index (χ1) is 18.4. The monoisotopic (exact) mass is 586 g/mol. The summed E-state index contributed by atoms with van der Waals surface area (Å²) >= 11 is 2.03. The fourth-order valence-corrected chi connectivity index (χ4v) is 4.00. The molecule has 0 aliphatic heterocycles. The number of hydrogen-bond donors (Lipinski definition) is 2. The van der Waals surface area contributed by atoms with E-state index in [0.717, 1.165) is 12.8 Å². The predicted octanol–water partition coefficient (Wildman–Crippen LogP) is 7.06. The Hall–Kier alpha value is -3.25. The van der Waals surface area contributed by atoms with Crippen LogP contribution in [0.1, 0.15) is 48.9 Å². The van der Waals surface area contributed by atoms with E-state index in [9.17, 15) is 9.59 Å². The van der Waals surface area contributed by atoms with Crippen molar-refractivity contribution < 1.29 is 39.0 Å². The molecule has 6 heteroatoms. The van der Waals surface area contributed by atoms with Gasteiger partial charge in [0.05, 0.1) is 0 Å². The Balaban J connectivity index is 0.000000533. The summed E-state index contributed by atoms with van der Waals surface area (Å²) in [7, 11) is 1.86. The number of carboxylic acids is 2. The van der Waals surface area contributed by atoms with E-state index in [1.807, 2.05) is 38.9 Å². The van der Waals surface area contributed by atoms with Gasteiger partial charge in [-0.25, -0.2) is 0 Å².